The first kappa shape index (κ1) is 28.6. The lowest BCUT2D eigenvalue weighted by Crippen LogP contribution is -2.51. The van der Waals surface area contributed by atoms with Gasteiger partial charge in [-0.1, -0.05) is 44.6 Å². The molecule has 4 aliphatic carbocycles. The van der Waals surface area contributed by atoms with E-state index in [0.717, 1.165) is 55.7 Å². The fourth-order valence-electron chi connectivity index (χ4n) is 10.8. The molecule has 6 nitrogen and oxygen atoms in total. The van der Waals surface area contributed by atoms with E-state index >= 15 is 0 Å². The maximum Gasteiger partial charge on any atom is 0.155 e. The molecule has 42 heavy (non-hydrogen) atoms. The fourth-order valence-corrected chi connectivity index (χ4v) is 10.8. The molecule has 1 saturated heterocycles. The summed E-state index contributed by atoms with van der Waals surface area (Å²) in [5.74, 6) is 4.54. The minimum Gasteiger partial charge on any atom is -0.497 e. The van der Waals surface area contributed by atoms with Gasteiger partial charge >= 0.3 is 0 Å². The molecule has 4 fully saturated rings. The van der Waals surface area contributed by atoms with Crippen molar-refractivity contribution in [1.29, 1.82) is 0 Å². The number of hydrogen-bond acceptors (Lipinski definition) is 4. The Morgan fingerprint density at radius 1 is 1.17 bits per heavy atom. The Morgan fingerprint density at radius 3 is 2.76 bits per heavy atom. The molecule has 0 bridgehead atoms. The Labute approximate surface area is 252 Å². The standard InChI is InChI=1S/C36H52N3O3/c1-23(39-19-18-38(37-39)22-25-7-10-28(41-5)11-8-25)6-13-32-24(2)34-33(42-32)21-31-29-12-9-26-20-27(40)14-16-35(26,3)30(29)15-17-36(31,34)4/h7-11,18-19,23-24,27,29-34,40H,6,12-17,20-22H2,1-5H3/q+1/t23-,24?,27?,29-,30+,31+,32-,33?,34?,35+,36+/m1/s1. The van der Waals surface area contributed by atoms with Gasteiger partial charge < -0.3 is 14.6 Å². The smallest absolute Gasteiger partial charge is 0.155 e. The van der Waals surface area contributed by atoms with E-state index < -0.39 is 0 Å². The zero-order valence-corrected chi connectivity index (χ0v) is 26.4. The third kappa shape index (κ3) is 4.67. The first-order valence-electron chi connectivity index (χ1n) is 16.8. The number of allylic oxidation sites excluding steroid dienone is 1. The Hall–Kier alpha value is -2.18. The van der Waals surface area contributed by atoms with Gasteiger partial charge in [0.1, 0.15) is 18.3 Å². The van der Waals surface area contributed by atoms with Gasteiger partial charge in [0.15, 0.2) is 12.4 Å². The average Bonchev–Trinajstić information content (AvgIpc) is 3.66. The van der Waals surface area contributed by atoms with Gasteiger partial charge in [-0.3, -0.25) is 0 Å². The molecule has 6 heteroatoms. The number of ether oxygens (including phenoxy) is 2. The molecule has 5 aliphatic rings. The number of benzene rings is 1. The summed E-state index contributed by atoms with van der Waals surface area (Å²) in [6, 6.07) is 8.56. The molecule has 0 amide bonds. The lowest BCUT2D eigenvalue weighted by molar-refractivity contribution is -0.747. The number of hydrogen-bond donors (Lipinski definition) is 1. The summed E-state index contributed by atoms with van der Waals surface area (Å²) < 4.78 is 16.4. The fraction of sp³-hybridized carbons (Fsp3) is 0.722. The first-order chi connectivity index (χ1) is 20.2. The molecule has 7 rings (SSSR count). The van der Waals surface area contributed by atoms with E-state index in [-0.39, 0.29) is 6.10 Å². The lowest BCUT2D eigenvalue weighted by Gasteiger charge is -2.58. The second kappa shape index (κ2) is 10.8. The van der Waals surface area contributed by atoms with Crippen molar-refractivity contribution in [2.24, 2.45) is 40.4 Å². The van der Waals surface area contributed by atoms with Gasteiger partial charge in [0.05, 0.1) is 30.6 Å². The normalized spacial score (nSPS) is 41.3. The maximum absolute atomic E-state index is 10.4. The molecule has 2 heterocycles. The predicted molar refractivity (Wildman–Crippen MR) is 163 cm³/mol. The van der Waals surface area contributed by atoms with Crippen LogP contribution in [0.25, 0.3) is 0 Å². The largest absolute Gasteiger partial charge is 0.497 e. The van der Waals surface area contributed by atoms with Crippen LogP contribution in [0.4, 0.5) is 0 Å². The molecular weight excluding hydrogens is 522 g/mol. The van der Waals surface area contributed by atoms with Crippen LogP contribution in [0.5, 0.6) is 5.75 Å². The van der Waals surface area contributed by atoms with Crippen LogP contribution in [0.15, 0.2) is 48.3 Å². The highest BCUT2D eigenvalue weighted by atomic mass is 16.5. The lowest BCUT2D eigenvalue weighted by atomic mass is 9.47. The van der Waals surface area contributed by atoms with Crippen LogP contribution in [0, 0.1) is 40.4 Å². The second-order valence-electron chi connectivity index (χ2n) is 15.2. The molecule has 0 spiro atoms. The molecule has 1 aliphatic heterocycles. The summed E-state index contributed by atoms with van der Waals surface area (Å²) in [7, 11) is 1.70. The van der Waals surface area contributed by atoms with E-state index in [4.69, 9.17) is 14.7 Å². The third-order valence-corrected chi connectivity index (χ3v) is 13.1. The van der Waals surface area contributed by atoms with Crippen LogP contribution >= 0.6 is 0 Å². The Bertz CT molecular complexity index is 1300. The van der Waals surface area contributed by atoms with Crippen LogP contribution in [0.2, 0.25) is 0 Å². The van der Waals surface area contributed by atoms with E-state index in [9.17, 15) is 5.11 Å². The molecule has 1 aromatic heterocycles. The molecular formula is C36H52N3O3+. The van der Waals surface area contributed by atoms with Crippen molar-refractivity contribution >= 4 is 0 Å². The molecule has 3 saturated carbocycles. The average molecular weight is 575 g/mol. The summed E-state index contributed by atoms with van der Waals surface area (Å²) in [5.41, 5.74) is 3.50. The second-order valence-corrected chi connectivity index (χ2v) is 15.2. The van der Waals surface area contributed by atoms with E-state index in [0.29, 0.717) is 40.9 Å². The Morgan fingerprint density at radius 2 is 1.98 bits per heavy atom. The third-order valence-electron chi connectivity index (χ3n) is 13.1. The molecule has 4 unspecified atom stereocenters. The summed E-state index contributed by atoms with van der Waals surface area (Å²) in [6.45, 7) is 10.7. The highest BCUT2D eigenvalue weighted by molar-refractivity contribution is 5.27. The summed E-state index contributed by atoms with van der Waals surface area (Å²) in [5, 5.41) is 15.2. The minimum atomic E-state index is -0.122. The van der Waals surface area contributed by atoms with Crippen molar-refractivity contribution in [3.8, 4) is 5.75 Å². The van der Waals surface area contributed by atoms with Crippen molar-refractivity contribution in [3.63, 3.8) is 0 Å². The van der Waals surface area contributed by atoms with Crippen LogP contribution in [-0.4, -0.2) is 40.4 Å². The van der Waals surface area contributed by atoms with E-state index in [1.807, 2.05) is 16.8 Å². The number of aromatic nitrogens is 3. The number of aliphatic hydroxyl groups excluding tert-OH is 1. The van der Waals surface area contributed by atoms with Crippen molar-refractivity contribution in [3.05, 3.63) is 53.9 Å². The highest BCUT2D eigenvalue weighted by Gasteiger charge is 2.64. The van der Waals surface area contributed by atoms with E-state index in [1.165, 1.54) is 37.7 Å². The van der Waals surface area contributed by atoms with Crippen molar-refractivity contribution < 1.29 is 19.3 Å². The molecule has 2 aromatic rings. The highest BCUT2D eigenvalue weighted by Crippen LogP contribution is 2.69. The summed E-state index contributed by atoms with van der Waals surface area (Å²) in [6.07, 6.45) is 17.9. The quantitative estimate of drug-likeness (QED) is 0.302. The number of methoxy groups -OCH3 is 1. The van der Waals surface area contributed by atoms with Gasteiger partial charge in [0, 0.05) is 0 Å². The van der Waals surface area contributed by atoms with Gasteiger partial charge in [-0.15, -0.1) is 9.36 Å². The number of fused-ring (bicyclic) bond motifs is 7. The van der Waals surface area contributed by atoms with Crippen molar-refractivity contribution in [1.82, 2.24) is 9.90 Å². The van der Waals surface area contributed by atoms with Crippen molar-refractivity contribution in [2.45, 2.75) is 116 Å². The molecule has 11 atom stereocenters. The van der Waals surface area contributed by atoms with Gasteiger partial charge in [-0.2, -0.15) is 0 Å². The number of nitrogens with zero attached hydrogens (tertiary/aromatic N) is 3. The maximum atomic E-state index is 10.4. The molecule has 1 aromatic carbocycles. The first-order valence-corrected chi connectivity index (χ1v) is 16.8. The Kier molecular flexibility index (Phi) is 7.33. The van der Waals surface area contributed by atoms with Gasteiger partial charge in [-0.25, -0.2) is 0 Å². The van der Waals surface area contributed by atoms with Crippen LogP contribution in [-0.2, 0) is 11.3 Å². The van der Waals surface area contributed by atoms with Gasteiger partial charge in [0.2, 0.25) is 0 Å². The van der Waals surface area contributed by atoms with Crippen LogP contribution < -0.4 is 9.42 Å². The topological polar surface area (TPSA) is 60.4 Å². The van der Waals surface area contributed by atoms with Crippen LogP contribution in [0.3, 0.4) is 0 Å². The van der Waals surface area contributed by atoms with Crippen molar-refractivity contribution in [2.75, 3.05) is 7.11 Å². The summed E-state index contributed by atoms with van der Waals surface area (Å²) in [4.78, 5) is 0. The molecule has 1 N–H and O–H groups in total. The minimum absolute atomic E-state index is 0.122. The Balaban J connectivity index is 0.973. The summed E-state index contributed by atoms with van der Waals surface area (Å²) >= 11 is 0. The van der Waals surface area contributed by atoms with Gasteiger partial charge in [-0.05, 0) is 123 Å². The van der Waals surface area contributed by atoms with E-state index in [2.05, 4.69) is 63.0 Å². The van der Waals surface area contributed by atoms with E-state index in [1.54, 1.807) is 12.7 Å². The zero-order valence-electron chi connectivity index (χ0n) is 26.4. The number of rotatable bonds is 7. The SMILES string of the molecule is COc1ccc(C[n+]2ccn([C@H](C)CC[C@H]3OC4C[C@H]5[C@@H]6CC=C7CC(O)CC[C@]7(C)[C@H]6CC[C@]5(C)C4C3C)n2)cc1. The van der Waals surface area contributed by atoms with Gasteiger partial charge in [0.25, 0.3) is 0 Å². The number of aliphatic hydroxyl groups is 1. The van der Waals surface area contributed by atoms with Crippen LogP contribution in [0.1, 0.15) is 97.1 Å². The molecule has 0 radical (unpaired) electrons. The predicted octanol–water partition coefficient (Wildman–Crippen LogP) is 6.52. The monoisotopic (exact) mass is 574 g/mol. The zero-order chi connectivity index (χ0) is 29.2. The molecule has 228 valence electrons.